The highest BCUT2D eigenvalue weighted by atomic mass is 16.4. The van der Waals surface area contributed by atoms with E-state index in [1.807, 2.05) is 6.92 Å². The summed E-state index contributed by atoms with van der Waals surface area (Å²) in [5.41, 5.74) is 2.43. The van der Waals surface area contributed by atoms with Gasteiger partial charge >= 0.3 is 5.97 Å². The van der Waals surface area contributed by atoms with Crippen LogP contribution in [0.25, 0.3) is 0 Å². The van der Waals surface area contributed by atoms with Gasteiger partial charge in [-0.15, -0.1) is 0 Å². The van der Waals surface area contributed by atoms with E-state index in [4.69, 9.17) is 10.2 Å². The average Bonchev–Trinajstić information content (AvgIpc) is 2.55. The predicted molar refractivity (Wildman–Crippen MR) is 67.7 cm³/mol. The number of aliphatic hydroxyl groups excluding tert-OH is 1. The van der Waals surface area contributed by atoms with Gasteiger partial charge in [0.15, 0.2) is 0 Å². The highest BCUT2D eigenvalue weighted by Crippen LogP contribution is 2.12. The van der Waals surface area contributed by atoms with Crippen LogP contribution in [-0.2, 0) is 23.1 Å². The Morgan fingerprint density at radius 1 is 1.42 bits per heavy atom. The second-order valence-corrected chi connectivity index (χ2v) is 4.42. The standard InChI is InChI=1S/C12H19N3O4/c1-7-9(8(2)15(3)14-7)6-11(17)13-10(4-5-16)12(18)19/h10,16H,4-6H2,1-3H3,(H,13,17)(H,18,19)/t10-/m0/s1. The van der Waals surface area contributed by atoms with Crippen molar-refractivity contribution in [1.82, 2.24) is 15.1 Å². The maximum absolute atomic E-state index is 11.8. The fourth-order valence-electron chi connectivity index (χ4n) is 1.87. The molecule has 1 atom stereocenters. The number of aromatic nitrogens is 2. The molecular weight excluding hydrogens is 250 g/mol. The van der Waals surface area contributed by atoms with Crippen molar-refractivity contribution >= 4 is 11.9 Å². The van der Waals surface area contributed by atoms with Crippen molar-refractivity contribution in [2.45, 2.75) is 32.7 Å². The first-order valence-electron chi connectivity index (χ1n) is 5.99. The van der Waals surface area contributed by atoms with E-state index in [-0.39, 0.29) is 25.4 Å². The quantitative estimate of drug-likeness (QED) is 0.647. The molecule has 0 radical (unpaired) electrons. The minimum atomic E-state index is -1.15. The average molecular weight is 269 g/mol. The molecule has 3 N–H and O–H groups in total. The van der Waals surface area contributed by atoms with Crippen molar-refractivity contribution < 1.29 is 19.8 Å². The normalized spacial score (nSPS) is 12.2. The number of carboxylic acids is 1. The summed E-state index contributed by atoms with van der Waals surface area (Å²) in [6, 6.07) is -1.06. The number of rotatable bonds is 6. The van der Waals surface area contributed by atoms with E-state index in [0.29, 0.717) is 0 Å². The summed E-state index contributed by atoms with van der Waals surface area (Å²) >= 11 is 0. The van der Waals surface area contributed by atoms with Crippen LogP contribution < -0.4 is 5.32 Å². The van der Waals surface area contributed by atoms with Crippen LogP contribution in [-0.4, -0.2) is 44.5 Å². The number of aryl methyl sites for hydroxylation is 2. The molecule has 1 rings (SSSR count). The molecule has 1 heterocycles. The summed E-state index contributed by atoms with van der Waals surface area (Å²) in [6.45, 7) is 3.37. The molecule has 106 valence electrons. The molecule has 0 saturated heterocycles. The van der Waals surface area contributed by atoms with Gasteiger partial charge in [-0.05, 0) is 13.8 Å². The Labute approximate surface area is 111 Å². The van der Waals surface area contributed by atoms with Gasteiger partial charge in [-0.3, -0.25) is 9.48 Å². The number of amides is 1. The van der Waals surface area contributed by atoms with Gasteiger partial charge in [0, 0.05) is 31.3 Å². The van der Waals surface area contributed by atoms with E-state index in [0.717, 1.165) is 17.0 Å². The van der Waals surface area contributed by atoms with Gasteiger partial charge in [-0.1, -0.05) is 0 Å². The van der Waals surface area contributed by atoms with Crippen LogP contribution >= 0.6 is 0 Å². The number of nitrogens with one attached hydrogen (secondary N) is 1. The van der Waals surface area contributed by atoms with Crippen molar-refractivity contribution in [2.24, 2.45) is 7.05 Å². The number of aliphatic carboxylic acids is 1. The maximum Gasteiger partial charge on any atom is 0.326 e. The van der Waals surface area contributed by atoms with E-state index >= 15 is 0 Å². The summed E-state index contributed by atoms with van der Waals surface area (Å²) < 4.78 is 1.68. The molecule has 19 heavy (non-hydrogen) atoms. The molecule has 0 aromatic carbocycles. The second kappa shape index (κ2) is 6.33. The van der Waals surface area contributed by atoms with Crippen molar-refractivity contribution in [3.63, 3.8) is 0 Å². The number of hydrogen-bond acceptors (Lipinski definition) is 4. The molecular formula is C12H19N3O4. The van der Waals surface area contributed by atoms with Gasteiger partial charge < -0.3 is 15.5 Å². The molecule has 0 saturated carbocycles. The number of aliphatic hydroxyl groups is 1. The molecule has 0 aliphatic carbocycles. The topological polar surface area (TPSA) is 104 Å². The Kier molecular flexibility index (Phi) is 5.05. The number of carbonyl (C=O) groups excluding carboxylic acids is 1. The van der Waals surface area contributed by atoms with Crippen molar-refractivity contribution in [2.75, 3.05) is 6.61 Å². The fourth-order valence-corrected chi connectivity index (χ4v) is 1.87. The Bertz CT molecular complexity index is 482. The molecule has 0 bridgehead atoms. The van der Waals surface area contributed by atoms with Gasteiger partial charge in [0.25, 0.3) is 0 Å². The number of carboxylic acid groups (broad SMARTS) is 1. The zero-order chi connectivity index (χ0) is 14.6. The molecule has 0 fully saturated rings. The van der Waals surface area contributed by atoms with Gasteiger partial charge in [0.05, 0.1) is 12.1 Å². The summed E-state index contributed by atoms with van der Waals surface area (Å²) in [6.07, 6.45) is 0.0762. The molecule has 0 unspecified atom stereocenters. The van der Waals surface area contributed by atoms with Crippen molar-refractivity contribution in [3.05, 3.63) is 17.0 Å². The first-order chi connectivity index (χ1) is 8.86. The summed E-state index contributed by atoms with van der Waals surface area (Å²) in [5.74, 6) is -1.54. The molecule has 1 aromatic heterocycles. The Morgan fingerprint density at radius 2 is 2.05 bits per heavy atom. The fraction of sp³-hybridized carbons (Fsp3) is 0.583. The van der Waals surface area contributed by atoms with Crippen LogP contribution in [0, 0.1) is 13.8 Å². The minimum absolute atomic E-state index is 0.00786. The van der Waals surface area contributed by atoms with E-state index in [2.05, 4.69) is 10.4 Å². The highest BCUT2D eigenvalue weighted by Gasteiger charge is 2.21. The SMILES string of the molecule is Cc1nn(C)c(C)c1CC(=O)N[C@@H](CCO)C(=O)O. The summed E-state index contributed by atoms with van der Waals surface area (Å²) in [4.78, 5) is 22.7. The number of hydrogen-bond donors (Lipinski definition) is 3. The van der Waals surface area contributed by atoms with Crippen LogP contribution in [0.2, 0.25) is 0 Å². The van der Waals surface area contributed by atoms with Gasteiger partial charge in [0.2, 0.25) is 5.91 Å². The van der Waals surface area contributed by atoms with Crippen LogP contribution in [0.3, 0.4) is 0 Å². The molecule has 0 aliphatic rings. The maximum atomic E-state index is 11.8. The first kappa shape index (κ1) is 15.2. The van der Waals surface area contributed by atoms with Crippen LogP contribution in [0.4, 0.5) is 0 Å². The lowest BCUT2D eigenvalue weighted by molar-refractivity contribution is -0.142. The third-order valence-electron chi connectivity index (χ3n) is 3.05. The van der Waals surface area contributed by atoms with Gasteiger partial charge in [0.1, 0.15) is 6.04 Å². The molecule has 1 aromatic rings. The predicted octanol–water partition coefficient (Wildman–Crippen LogP) is -0.469. The molecule has 0 aliphatic heterocycles. The zero-order valence-electron chi connectivity index (χ0n) is 11.3. The first-order valence-corrected chi connectivity index (χ1v) is 5.99. The van der Waals surface area contributed by atoms with Gasteiger partial charge in [-0.2, -0.15) is 5.10 Å². The van der Waals surface area contributed by atoms with Crippen molar-refractivity contribution in [1.29, 1.82) is 0 Å². The van der Waals surface area contributed by atoms with Crippen LogP contribution in [0.5, 0.6) is 0 Å². The summed E-state index contributed by atoms with van der Waals surface area (Å²) in [5, 5.41) is 24.2. The lowest BCUT2D eigenvalue weighted by atomic mass is 10.1. The lowest BCUT2D eigenvalue weighted by Gasteiger charge is -2.13. The number of carbonyl (C=O) groups is 2. The van der Waals surface area contributed by atoms with E-state index in [9.17, 15) is 9.59 Å². The van der Waals surface area contributed by atoms with Crippen molar-refractivity contribution in [3.8, 4) is 0 Å². The minimum Gasteiger partial charge on any atom is -0.480 e. The highest BCUT2D eigenvalue weighted by molar-refractivity contribution is 5.85. The molecule has 7 nitrogen and oxygen atoms in total. The summed E-state index contributed by atoms with van der Waals surface area (Å²) in [7, 11) is 1.79. The Hall–Kier alpha value is -1.89. The third-order valence-corrected chi connectivity index (χ3v) is 3.05. The molecule has 0 spiro atoms. The monoisotopic (exact) mass is 269 g/mol. The third kappa shape index (κ3) is 3.78. The molecule has 7 heteroatoms. The Morgan fingerprint density at radius 3 is 2.47 bits per heavy atom. The second-order valence-electron chi connectivity index (χ2n) is 4.42. The van der Waals surface area contributed by atoms with E-state index in [1.54, 1.807) is 18.7 Å². The number of nitrogens with zero attached hydrogens (tertiary/aromatic N) is 2. The Balaban J connectivity index is 2.71. The lowest BCUT2D eigenvalue weighted by Crippen LogP contribution is -2.42. The molecule has 1 amide bonds. The van der Waals surface area contributed by atoms with E-state index in [1.165, 1.54) is 0 Å². The largest absolute Gasteiger partial charge is 0.480 e. The van der Waals surface area contributed by atoms with Crippen LogP contribution in [0.1, 0.15) is 23.4 Å². The smallest absolute Gasteiger partial charge is 0.326 e. The van der Waals surface area contributed by atoms with E-state index < -0.39 is 12.0 Å². The van der Waals surface area contributed by atoms with Gasteiger partial charge in [-0.25, -0.2) is 4.79 Å². The zero-order valence-corrected chi connectivity index (χ0v) is 11.3. The van der Waals surface area contributed by atoms with Crippen LogP contribution in [0.15, 0.2) is 0 Å².